The van der Waals surface area contributed by atoms with Crippen LogP contribution in [0.5, 0.6) is 0 Å². The van der Waals surface area contributed by atoms with E-state index >= 15 is 0 Å². The van der Waals surface area contributed by atoms with Crippen molar-refractivity contribution in [1.29, 1.82) is 5.26 Å². The molecule has 3 heterocycles. The molecule has 0 radical (unpaired) electrons. The van der Waals surface area contributed by atoms with Crippen LogP contribution in [0.2, 0.25) is 0 Å². The van der Waals surface area contributed by atoms with Crippen LogP contribution in [0.25, 0.3) is 0 Å². The highest BCUT2D eigenvalue weighted by Crippen LogP contribution is 2.65. The van der Waals surface area contributed by atoms with Crippen molar-refractivity contribution >= 4 is 23.6 Å². The first-order chi connectivity index (χ1) is 17.9. The van der Waals surface area contributed by atoms with Gasteiger partial charge in [-0.3, -0.25) is 19.2 Å². The van der Waals surface area contributed by atoms with Crippen LogP contribution < -0.4 is 16.0 Å². The molecule has 38 heavy (non-hydrogen) atoms. The van der Waals surface area contributed by atoms with E-state index in [4.69, 9.17) is 4.74 Å². The van der Waals surface area contributed by atoms with Gasteiger partial charge in [-0.15, -0.1) is 0 Å². The molecule has 210 valence electrons. The van der Waals surface area contributed by atoms with Gasteiger partial charge in [0.25, 0.3) is 0 Å². The van der Waals surface area contributed by atoms with Gasteiger partial charge in [-0.1, -0.05) is 13.8 Å². The highest BCUT2D eigenvalue weighted by atomic mass is 19.4. The van der Waals surface area contributed by atoms with Gasteiger partial charge in [-0.05, 0) is 55.3 Å². The van der Waals surface area contributed by atoms with Gasteiger partial charge in [0, 0.05) is 32.2 Å². The SMILES string of the molecule is CC1(C)[C@@H]2[C@@H](C(=O)N[C@H](C#N)C[C@@H]3CCCNC3=O)N(C(=O)[C@@H](NC(=O)C(F)(F)F)C3CCOCC3)C[C@@H]21. The molecule has 0 aromatic carbocycles. The summed E-state index contributed by atoms with van der Waals surface area (Å²) in [5.41, 5.74) is -0.270. The topological polar surface area (TPSA) is 141 Å². The summed E-state index contributed by atoms with van der Waals surface area (Å²) in [5, 5.41) is 17.0. The molecule has 3 N–H and O–H groups in total. The number of rotatable bonds is 7. The minimum absolute atomic E-state index is 0.0412. The van der Waals surface area contributed by atoms with E-state index in [0.29, 0.717) is 13.0 Å². The van der Waals surface area contributed by atoms with Crippen molar-refractivity contribution in [2.45, 2.75) is 70.3 Å². The van der Waals surface area contributed by atoms with Crippen molar-refractivity contribution in [2.75, 3.05) is 26.3 Å². The largest absolute Gasteiger partial charge is 0.471 e. The van der Waals surface area contributed by atoms with E-state index in [9.17, 15) is 37.6 Å². The maximum atomic E-state index is 13.7. The first-order valence-corrected chi connectivity index (χ1v) is 13.1. The highest BCUT2D eigenvalue weighted by Gasteiger charge is 2.69. The van der Waals surface area contributed by atoms with Crippen molar-refractivity contribution in [3.8, 4) is 6.07 Å². The Morgan fingerprint density at radius 2 is 1.89 bits per heavy atom. The van der Waals surface area contributed by atoms with Crippen LogP contribution in [0.15, 0.2) is 0 Å². The summed E-state index contributed by atoms with van der Waals surface area (Å²) in [6.45, 7) is 5.14. The van der Waals surface area contributed by atoms with Crippen molar-refractivity contribution in [2.24, 2.45) is 29.1 Å². The van der Waals surface area contributed by atoms with Crippen molar-refractivity contribution in [3.63, 3.8) is 0 Å². The van der Waals surface area contributed by atoms with E-state index in [1.165, 1.54) is 4.90 Å². The number of nitriles is 1. The molecule has 1 aliphatic carbocycles. The van der Waals surface area contributed by atoms with Crippen LogP contribution in [0.4, 0.5) is 13.2 Å². The van der Waals surface area contributed by atoms with Crippen LogP contribution in [-0.2, 0) is 23.9 Å². The van der Waals surface area contributed by atoms with Gasteiger partial charge in [-0.25, -0.2) is 0 Å². The zero-order chi connectivity index (χ0) is 27.8. The van der Waals surface area contributed by atoms with Crippen LogP contribution >= 0.6 is 0 Å². The number of nitrogens with one attached hydrogen (secondary N) is 3. The Morgan fingerprint density at radius 1 is 1.21 bits per heavy atom. The van der Waals surface area contributed by atoms with E-state index in [2.05, 4.69) is 10.6 Å². The quantitative estimate of drug-likeness (QED) is 0.437. The second kappa shape index (κ2) is 10.7. The number of alkyl halides is 3. The second-order valence-corrected chi connectivity index (χ2v) is 11.3. The maximum Gasteiger partial charge on any atom is 0.471 e. The maximum absolute atomic E-state index is 13.7. The number of carbonyl (C=O) groups excluding carboxylic acids is 4. The molecule has 13 heteroatoms. The molecule has 0 spiro atoms. The number of likely N-dealkylation sites (tertiary alicyclic amines) is 1. The Labute approximate surface area is 219 Å². The van der Waals surface area contributed by atoms with Gasteiger partial charge in [-0.2, -0.15) is 18.4 Å². The van der Waals surface area contributed by atoms with E-state index in [1.807, 2.05) is 25.2 Å². The number of amides is 4. The van der Waals surface area contributed by atoms with Gasteiger partial charge in [0.05, 0.1) is 6.07 Å². The van der Waals surface area contributed by atoms with Crippen LogP contribution in [0.1, 0.15) is 46.0 Å². The fourth-order valence-electron chi connectivity index (χ4n) is 6.39. The Kier molecular flexibility index (Phi) is 7.93. The molecule has 0 aromatic rings. The van der Waals surface area contributed by atoms with Gasteiger partial charge < -0.3 is 25.6 Å². The minimum atomic E-state index is -5.17. The minimum Gasteiger partial charge on any atom is -0.381 e. The summed E-state index contributed by atoms with van der Waals surface area (Å²) < 4.78 is 44.6. The summed E-state index contributed by atoms with van der Waals surface area (Å²) in [5.74, 6) is -4.97. The van der Waals surface area contributed by atoms with Crippen LogP contribution in [-0.4, -0.2) is 79.1 Å². The number of nitrogens with zero attached hydrogens (tertiary/aromatic N) is 2. The summed E-state index contributed by atoms with van der Waals surface area (Å²) in [4.78, 5) is 52.5. The molecule has 4 amide bonds. The molecule has 6 atom stereocenters. The molecule has 0 bridgehead atoms. The molecular weight excluding hydrogens is 507 g/mol. The summed E-state index contributed by atoms with van der Waals surface area (Å²) in [7, 11) is 0. The van der Waals surface area contributed by atoms with E-state index in [1.54, 1.807) is 0 Å². The molecule has 10 nitrogen and oxygen atoms in total. The van der Waals surface area contributed by atoms with Gasteiger partial charge >= 0.3 is 12.1 Å². The molecule has 3 saturated heterocycles. The number of ether oxygens (including phenoxy) is 1. The predicted octanol–water partition coefficient (Wildman–Crippen LogP) is 0.868. The number of hydrogen-bond donors (Lipinski definition) is 3. The zero-order valence-corrected chi connectivity index (χ0v) is 21.5. The summed E-state index contributed by atoms with van der Waals surface area (Å²) >= 11 is 0. The fraction of sp³-hybridized carbons (Fsp3) is 0.800. The van der Waals surface area contributed by atoms with Crippen LogP contribution in [0, 0.1) is 40.4 Å². The van der Waals surface area contributed by atoms with E-state index in [0.717, 1.165) is 6.42 Å². The lowest BCUT2D eigenvalue weighted by molar-refractivity contribution is -0.176. The summed E-state index contributed by atoms with van der Waals surface area (Å²) in [6, 6.07) is -1.40. The van der Waals surface area contributed by atoms with E-state index < -0.39 is 53.9 Å². The third-order valence-electron chi connectivity index (χ3n) is 8.70. The molecule has 4 rings (SSSR count). The smallest absolute Gasteiger partial charge is 0.381 e. The highest BCUT2D eigenvalue weighted by molar-refractivity contribution is 5.94. The van der Waals surface area contributed by atoms with Gasteiger partial charge in [0.2, 0.25) is 17.7 Å². The molecule has 4 aliphatic rings. The van der Waals surface area contributed by atoms with E-state index in [-0.39, 0.29) is 62.2 Å². The second-order valence-electron chi connectivity index (χ2n) is 11.3. The third-order valence-corrected chi connectivity index (χ3v) is 8.70. The molecule has 3 aliphatic heterocycles. The summed E-state index contributed by atoms with van der Waals surface area (Å²) in [6.07, 6.45) is -3.10. The van der Waals surface area contributed by atoms with Gasteiger partial charge in [0.15, 0.2) is 0 Å². The van der Waals surface area contributed by atoms with Crippen molar-refractivity contribution in [3.05, 3.63) is 0 Å². The molecule has 1 saturated carbocycles. The Morgan fingerprint density at radius 3 is 2.50 bits per heavy atom. The number of fused-ring (bicyclic) bond motifs is 1. The third kappa shape index (κ3) is 5.60. The Bertz CT molecular complexity index is 1010. The first-order valence-electron chi connectivity index (χ1n) is 13.1. The lowest BCUT2D eigenvalue weighted by Gasteiger charge is -2.37. The lowest BCUT2D eigenvalue weighted by atomic mass is 9.89. The average Bonchev–Trinajstić information content (AvgIpc) is 3.20. The van der Waals surface area contributed by atoms with Crippen LogP contribution in [0.3, 0.4) is 0 Å². The normalized spacial score (nSPS) is 30.3. The first kappa shape index (κ1) is 28.1. The number of piperidine rings is 2. The number of carbonyl (C=O) groups is 4. The lowest BCUT2D eigenvalue weighted by Crippen LogP contribution is -2.60. The fourth-order valence-corrected chi connectivity index (χ4v) is 6.39. The standard InChI is InChI=1S/C25H34F3N5O5/c1-24(2)16-12-33(22(36)18(13-5-8-38-9-6-13)32-23(37)25(26,27)28)19(17(16)24)21(35)31-15(11-29)10-14-4-3-7-30-20(14)34/h13-19H,3-10,12H2,1-2H3,(H,30,34)(H,31,35)(H,32,37)/t14-,15-,16-,17-,18-,19-/m0/s1. The van der Waals surface area contributed by atoms with Gasteiger partial charge in [0.1, 0.15) is 18.1 Å². The van der Waals surface area contributed by atoms with Crippen molar-refractivity contribution in [1.82, 2.24) is 20.9 Å². The molecule has 0 unspecified atom stereocenters. The number of hydrogen-bond acceptors (Lipinski definition) is 6. The number of halogens is 3. The predicted molar refractivity (Wildman–Crippen MR) is 126 cm³/mol. The zero-order valence-electron chi connectivity index (χ0n) is 21.5. The van der Waals surface area contributed by atoms with Crippen molar-refractivity contribution < 1.29 is 37.1 Å². The Balaban J connectivity index is 1.53. The monoisotopic (exact) mass is 541 g/mol. The Hall–Kier alpha value is -2.88. The molecule has 4 fully saturated rings. The average molecular weight is 542 g/mol. The molecule has 0 aromatic heterocycles. The molecular formula is C25H34F3N5O5.